The quantitative estimate of drug-likeness (QED) is 0.602. The van der Waals surface area contributed by atoms with Gasteiger partial charge in [-0.15, -0.1) is 0 Å². The molecule has 2 aromatic carbocycles. The molecule has 4 heteroatoms. The molecular weight excluding hydrogens is 280 g/mol. The zero-order chi connectivity index (χ0) is 15.9. The van der Waals surface area contributed by atoms with Crippen LogP contribution in [0.5, 0.6) is 17.2 Å². The molecule has 0 saturated heterocycles. The van der Waals surface area contributed by atoms with Gasteiger partial charge in [0.2, 0.25) is 5.75 Å². The first-order chi connectivity index (χ1) is 10.7. The normalized spacial score (nSPS) is 10.5. The minimum absolute atomic E-state index is 0.551. The Labute approximate surface area is 129 Å². The minimum Gasteiger partial charge on any atom is -0.493 e. The number of aldehydes is 1. The predicted octanol–water partition coefficient (Wildman–Crippen LogP) is 3.70. The van der Waals surface area contributed by atoms with Gasteiger partial charge in [0, 0.05) is 5.56 Å². The van der Waals surface area contributed by atoms with Gasteiger partial charge in [0.25, 0.3) is 0 Å². The van der Waals surface area contributed by atoms with Crippen molar-refractivity contribution in [3.8, 4) is 17.2 Å². The fraction of sp³-hybridized carbons (Fsp3) is 0.167. The molecule has 22 heavy (non-hydrogen) atoms. The number of hydrogen-bond donors (Lipinski definition) is 0. The van der Waals surface area contributed by atoms with Crippen molar-refractivity contribution in [3.63, 3.8) is 0 Å². The highest BCUT2D eigenvalue weighted by molar-refractivity contribution is 5.85. The van der Waals surface area contributed by atoms with Gasteiger partial charge >= 0.3 is 0 Å². The molecule has 0 N–H and O–H groups in total. The Bertz CT molecular complexity index is 664. The second kappa shape index (κ2) is 7.31. The maximum absolute atomic E-state index is 11.0. The molecule has 2 rings (SSSR count). The second-order valence-electron chi connectivity index (χ2n) is 4.54. The number of carbonyl (C=O) groups excluding carboxylic acids is 1. The first kappa shape index (κ1) is 15.6. The van der Waals surface area contributed by atoms with Crippen LogP contribution in [-0.2, 0) is 0 Å². The molecule has 0 fully saturated rings. The van der Waals surface area contributed by atoms with Crippen LogP contribution in [0.3, 0.4) is 0 Å². The van der Waals surface area contributed by atoms with Gasteiger partial charge in [-0.2, -0.15) is 0 Å². The summed E-state index contributed by atoms with van der Waals surface area (Å²) in [5, 5.41) is 0. The maximum Gasteiger partial charge on any atom is 0.203 e. The molecule has 4 nitrogen and oxygen atoms in total. The number of rotatable bonds is 6. The van der Waals surface area contributed by atoms with Crippen LogP contribution >= 0.6 is 0 Å². The molecule has 0 aliphatic rings. The third-order valence-electron chi connectivity index (χ3n) is 3.27. The fourth-order valence-corrected chi connectivity index (χ4v) is 2.15. The zero-order valence-electron chi connectivity index (χ0n) is 12.8. The molecule has 0 atom stereocenters. The van der Waals surface area contributed by atoms with Crippen LogP contribution in [0.1, 0.15) is 21.5 Å². The predicted molar refractivity (Wildman–Crippen MR) is 86.9 cm³/mol. The van der Waals surface area contributed by atoms with E-state index in [0.29, 0.717) is 22.8 Å². The molecule has 0 aliphatic carbocycles. The van der Waals surface area contributed by atoms with Crippen LogP contribution in [0, 0.1) is 0 Å². The number of ether oxygens (including phenoxy) is 3. The van der Waals surface area contributed by atoms with Crippen molar-refractivity contribution in [3.05, 3.63) is 53.1 Å². The summed E-state index contributed by atoms with van der Waals surface area (Å²) in [5.74, 6) is 1.73. The lowest BCUT2D eigenvalue weighted by atomic mass is 10.1. The van der Waals surface area contributed by atoms with Crippen molar-refractivity contribution in [2.45, 2.75) is 0 Å². The molecule has 0 unspecified atom stereocenters. The zero-order valence-corrected chi connectivity index (χ0v) is 12.8. The first-order valence-corrected chi connectivity index (χ1v) is 6.75. The molecular formula is C18H18O4. The highest BCUT2D eigenvalue weighted by atomic mass is 16.5. The van der Waals surface area contributed by atoms with E-state index in [2.05, 4.69) is 0 Å². The third-order valence-corrected chi connectivity index (χ3v) is 3.27. The molecule has 0 heterocycles. The van der Waals surface area contributed by atoms with E-state index < -0.39 is 0 Å². The average molecular weight is 298 g/mol. The lowest BCUT2D eigenvalue weighted by Gasteiger charge is -2.12. The third kappa shape index (κ3) is 3.28. The molecule has 2 aromatic rings. The monoisotopic (exact) mass is 298 g/mol. The van der Waals surface area contributed by atoms with E-state index in [1.807, 2.05) is 42.5 Å². The smallest absolute Gasteiger partial charge is 0.203 e. The van der Waals surface area contributed by atoms with Gasteiger partial charge in [-0.3, -0.25) is 4.79 Å². The Balaban J connectivity index is 2.41. The fourth-order valence-electron chi connectivity index (χ4n) is 2.15. The average Bonchev–Trinajstić information content (AvgIpc) is 2.58. The topological polar surface area (TPSA) is 44.8 Å². The van der Waals surface area contributed by atoms with Gasteiger partial charge in [-0.05, 0) is 23.3 Å². The van der Waals surface area contributed by atoms with Crippen molar-refractivity contribution in [1.82, 2.24) is 0 Å². The highest BCUT2D eigenvalue weighted by Crippen LogP contribution is 2.38. The summed E-state index contributed by atoms with van der Waals surface area (Å²) < 4.78 is 15.9. The molecule has 0 bridgehead atoms. The summed E-state index contributed by atoms with van der Waals surface area (Å²) in [6.45, 7) is 0. The van der Waals surface area contributed by atoms with Gasteiger partial charge < -0.3 is 14.2 Å². The van der Waals surface area contributed by atoms with Crippen LogP contribution in [-0.4, -0.2) is 27.6 Å². The Morgan fingerprint density at radius 3 is 1.91 bits per heavy atom. The summed E-state index contributed by atoms with van der Waals surface area (Å²) in [4.78, 5) is 11.0. The van der Waals surface area contributed by atoms with Gasteiger partial charge in [-0.1, -0.05) is 36.4 Å². The Hall–Kier alpha value is -2.75. The number of carbonyl (C=O) groups is 1. The van der Waals surface area contributed by atoms with E-state index in [1.165, 1.54) is 0 Å². The summed E-state index contributed by atoms with van der Waals surface area (Å²) in [6, 6.07) is 11.1. The SMILES string of the molecule is COc1cc(/C=C\c2ccccc2C=O)cc(OC)c1OC. The molecule has 0 aliphatic heterocycles. The molecule has 0 saturated carbocycles. The molecule has 114 valence electrons. The van der Waals surface area contributed by atoms with Crippen molar-refractivity contribution in [2.75, 3.05) is 21.3 Å². The number of benzene rings is 2. The van der Waals surface area contributed by atoms with Crippen molar-refractivity contribution < 1.29 is 19.0 Å². The van der Waals surface area contributed by atoms with E-state index in [-0.39, 0.29) is 0 Å². The van der Waals surface area contributed by atoms with Crippen LogP contribution < -0.4 is 14.2 Å². The number of methoxy groups -OCH3 is 3. The van der Waals surface area contributed by atoms with Gasteiger partial charge in [-0.25, -0.2) is 0 Å². The minimum atomic E-state index is 0.551. The van der Waals surface area contributed by atoms with Crippen LogP contribution in [0.2, 0.25) is 0 Å². The summed E-state index contributed by atoms with van der Waals surface area (Å²) in [7, 11) is 4.72. The lowest BCUT2D eigenvalue weighted by Crippen LogP contribution is -1.95. The van der Waals surface area contributed by atoms with Crippen molar-refractivity contribution >= 4 is 18.4 Å². The van der Waals surface area contributed by atoms with E-state index >= 15 is 0 Å². The summed E-state index contributed by atoms with van der Waals surface area (Å²) in [6.07, 6.45) is 4.62. The largest absolute Gasteiger partial charge is 0.493 e. The number of hydrogen-bond acceptors (Lipinski definition) is 4. The second-order valence-corrected chi connectivity index (χ2v) is 4.54. The van der Waals surface area contributed by atoms with E-state index in [4.69, 9.17) is 14.2 Å². The summed E-state index contributed by atoms with van der Waals surface area (Å²) >= 11 is 0. The molecule has 0 aromatic heterocycles. The Morgan fingerprint density at radius 1 is 0.818 bits per heavy atom. The summed E-state index contributed by atoms with van der Waals surface area (Å²) in [5.41, 5.74) is 2.38. The Kier molecular flexibility index (Phi) is 5.20. The van der Waals surface area contributed by atoms with Crippen LogP contribution in [0.4, 0.5) is 0 Å². The van der Waals surface area contributed by atoms with E-state index in [0.717, 1.165) is 17.4 Å². The van der Waals surface area contributed by atoms with Gasteiger partial charge in [0.1, 0.15) is 0 Å². The molecule has 0 radical (unpaired) electrons. The van der Waals surface area contributed by atoms with Gasteiger partial charge in [0.15, 0.2) is 17.8 Å². The maximum atomic E-state index is 11.0. The molecule has 0 spiro atoms. The lowest BCUT2D eigenvalue weighted by molar-refractivity contribution is 0.112. The Morgan fingerprint density at radius 2 is 1.41 bits per heavy atom. The molecule has 0 amide bonds. The highest BCUT2D eigenvalue weighted by Gasteiger charge is 2.11. The van der Waals surface area contributed by atoms with Gasteiger partial charge in [0.05, 0.1) is 21.3 Å². The first-order valence-electron chi connectivity index (χ1n) is 6.75. The standard InChI is InChI=1S/C18H18O4/c1-20-16-10-13(11-17(21-2)18(16)22-3)8-9-14-6-4-5-7-15(14)12-19/h4-12H,1-3H3/b9-8-. The van der Waals surface area contributed by atoms with Crippen LogP contribution in [0.15, 0.2) is 36.4 Å². The van der Waals surface area contributed by atoms with Crippen molar-refractivity contribution in [2.24, 2.45) is 0 Å². The van der Waals surface area contributed by atoms with Crippen LogP contribution in [0.25, 0.3) is 12.2 Å². The van der Waals surface area contributed by atoms with Crippen molar-refractivity contribution in [1.29, 1.82) is 0 Å². The van der Waals surface area contributed by atoms with E-state index in [9.17, 15) is 4.79 Å². The van der Waals surface area contributed by atoms with E-state index in [1.54, 1.807) is 27.4 Å².